The zero-order chi connectivity index (χ0) is 23.8. The number of hydrogen-bond donors (Lipinski definition) is 2. The first-order valence-electron chi connectivity index (χ1n) is 12.0. The summed E-state index contributed by atoms with van der Waals surface area (Å²) in [5, 5.41) is 14.0. The SMILES string of the molecule is Cc1ccc(CC2(O)CCN(CCNC(=O)c3ccc(OCc4ccccc4)cc3)CC2)cc1.Cl. The van der Waals surface area contributed by atoms with Gasteiger partial charge < -0.3 is 20.1 Å². The number of amides is 1. The van der Waals surface area contributed by atoms with Crippen LogP contribution in [-0.4, -0.2) is 47.7 Å². The topological polar surface area (TPSA) is 61.8 Å². The van der Waals surface area contributed by atoms with Crippen molar-refractivity contribution >= 4 is 18.3 Å². The third-order valence-corrected chi connectivity index (χ3v) is 6.52. The van der Waals surface area contributed by atoms with Gasteiger partial charge in [0.15, 0.2) is 0 Å². The van der Waals surface area contributed by atoms with Crippen molar-refractivity contribution in [2.45, 2.75) is 38.4 Å². The van der Waals surface area contributed by atoms with Crippen LogP contribution < -0.4 is 10.1 Å². The molecule has 3 aromatic rings. The number of halogens is 1. The average molecular weight is 495 g/mol. The number of benzene rings is 3. The van der Waals surface area contributed by atoms with Crippen molar-refractivity contribution in [3.8, 4) is 5.75 Å². The van der Waals surface area contributed by atoms with Gasteiger partial charge in [0.1, 0.15) is 12.4 Å². The zero-order valence-corrected chi connectivity index (χ0v) is 21.1. The lowest BCUT2D eigenvalue weighted by Crippen LogP contribution is -2.47. The molecule has 0 aliphatic carbocycles. The highest BCUT2D eigenvalue weighted by atomic mass is 35.5. The summed E-state index contributed by atoms with van der Waals surface area (Å²) in [6.07, 6.45) is 2.20. The van der Waals surface area contributed by atoms with Gasteiger partial charge >= 0.3 is 0 Å². The van der Waals surface area contributed by atoms with Crippen molar-refractivity contribution in [2.24, 2.45) is 0 Å². The van der Waals surface area contributed by atoms with Gasteiger partial charge in [-0.25, -0.2) is 0 Å². The number of rotatable bonds is 9. The molecule has 1 amide bonds. The molecule has 2 N–H and O–H groups in total. The smallest absolute Gasteiger partial charge is 0.251 e. The van der Waals surface area contributed by atoms with Crippen LogP contribution >= 0.6 is 12.4 Å². The molecule has 1 fully saturated rings. The molecule has 3 aromatic carbocycles. The number of nitrogens with zero attached hydrogens (tertiary/aromatic N) is 1. The lowest BCUT2D eigenvalue weighted by atomic mass is 9.85. The molecule has 6 heteroatoms. The molecule has 0 aromatic heterocycles. The van der Waals surface area contributed by atoms with Crippen LogP contribution in [0.4, 0.5) is 0 Å². The van der Waals surface area contributed by atoms with Crippen LogP contribution in [0.5, 0.6) is 5.75 Å². The van der Waals surface area contributed by atoms with E-state index in [1.807, 2.05) is 42.5 Å². The Kier molecular flexibility index (Phi) is 9.73. The minimum Gasteiger partial charge on any atom is -0.489 e. The number of ether oxygens (including phenoxy) is 1. The van der Waals surface area contributed by atoms with Gasteiger partial charge in [0.2, 0.25) is 0 Å². The van der Waals surface area contributed by atoms with Gasteiger partial charge in [-0.15, -0.1) is 12.4 Å². The second-order valence-corrected chi connectivity index (χ2v) is 9.28. The highest BCUT2D eigenvalue weighted by Gasteiger charge is 2.32. The lowest BCUT2D eigenvalue weighted by molar-refractivity contribution is -0.0202. The van der Waals surface area contributed by atoms with Crippen molar-refractivity contribution in [1.82, 2.24) is 10.2 Å². The number of aryl methyl sites for hydroxylation is 1. The lowest BCUT2D eigenvalue weighted by Gasteiger charge is -2.38. The minimum absolute atomic E-state index is 0. The van der Waals surface area contributed by atoms with E-state index >= 15 is 0 Å². The number of likely N-dealkylation sites (tertiary alicyclic amines) is 1. The van der Waals surface area contributed by atoms with Gasteiger partial charge in [-0.3, -0.25) is 4.79 Å². The molecule has 0 saturated carbocycles. The fourth-order valence-corrected chi connectivity index (χ4v) is 4.33. The van der Waals surface area contributed by atoms with E-state index in [1.165, 1.54) is 11.1 Å². The van der Waals surface area contributed by atoms with E-state index in [0.717, 1.165) is 43.8 Å². The number of aliphatic hydroxyl groups is 1. The van der Waals surface area contributed by atoms with Crippen molar-refractivity contribution in [3.05, 3.63) is 101 Å². The van der Waals surface area contributed by atoms with Crippen molar-refractivity contribution in [3.63, 3.8) is 0 Å². The largest absolute Gasteiger partial charge is 0.489 e. The Bertz CT molecular complexity index is 1050. The average Bonchev–Trinajstić information content (AvgIpc) is 2.86. The van der Waals surface area contributed by atoms with E-state index in [2.05, 4.69) is 41.4 Å². The Balaban J connectivity index is 0.00000342. The van der Waals surface area contributed by atoms with Crippen LogP contribution in [0.2, 0.25) is 0 Å². The number of carbonyl (C=O) groups is 1. The molecule has 0 unspecified atom stereocenters. The first-order valence-corrected chi connectivity index (χ1v) is 12.0. The summed E-state index contributed by atoms with van der Waals surface area (Å²) in [6.45, 7) is 5.62. The van der Waals surface area contributed by atoms with Crippen LogP contribution in [0.1, 0.15) is 39.9 Å². The molecule has 1 aliphatic heterocycles. The Hall–Kier alpha value is -2.86. The quantitative estimate of drug-likeness (QED) is 0.448. The molecule has 0 spiro atoms. The Morgan fingerprint density at radius 1 is 0.943 bits per heavy atom. The van der Waals surface area contributed by atoms with Gasteiger partial charge in [0.05, 0.1) is 5.60 Å². The van der Waals surface area contributed by atoms with E-state index in [4.69, 9.17) is 4.74 Å². The second-order valence-electron chi connectivity index (χ2n) is 9.28. The van der Waals surface area contributed by atoms with E-state index in [1.54, 1.807) is 12.1 Å². The van der Waals surface area contributed by atoms with E-state index < -0.39 is 5.60 Å². The molecule has 4 rings (SSSR count). The molecule has 35 heavy (non-hydrogen) atoms. The van der Waals surface area contributed by atoms with Gasteiger partial charge in [0, 0.05) is 38.2 Å². The van der Waals surface area contributed by atoms with Crippen LogP contribution in [-0.2, 0) is 13.0 Å². The molecule has 5 nitrogen and oxygen atoms in total. The predicted octanol–water partition coefficient (Wildman–Crippen LogP) is 4.80. The fourth-order valence-electron chi connectivity index (χ4n) is 4.33. The summed E-state index contributed by atoms with van der Waals surface area (Å²) in [5.41, 5.74) is 3.51. The Morgan fingerprint density at radius 3 is 2.26 bits per heavy atom. The summed E-state index contributed by atoms with van der Waals surface area (Å²) in [5.74, 6) is 0.661. The first-order chi connectivity index (χ1) is 16.5. The van der Waals surface area contributed by atoms with E-state index in [9.17, 15) is 9.90 Å². The molecule has 186 valence electrons. The summed E-state index contributed by atoms with van der Waals surface area (Å²) in [7, 11) is 0. The predicted molar refractivity (Wildman–Crippen MR) is 142 cm³/mol. The first kappa shape index (κ1) is 26.7. The molecule has 0 atom stereocenters. The summed E-state index contributed by atoms with van der Waals surface area (Å²) in [6, 6.07) is 25.7. The molecular formula is C29H35ClN2O3. The molecule has 1 saturated heterocycles. The number of hydrogen-bond acceptors (Lipinski definition) is 4. The van der Waals surface area contributed by atoms with Crippen molar-refractivity contribution < 1.29 is 14.6 Å². The summed E-state index contributed by atoms with van der Waals surface area (Å²) >= 11 is 0. The van der Waals surface area contributed by atoms with Crippen molar-refractivity contribution in [1.29, 1.82) is 0 Å². The summed E-state index contributed by atoms with van der Waals surface area (Å²) < 4.78 is 5.79. The zero-order valence-electron chi connectivity index (χ0n) is 20.3. The highest BCUT2D eigenvalue weighted by molar-refractivity contribution is 5.94. The monoisotopic (exact) mass is 494 g/mol. The molecule has 1 heterocycles. The Labute approximate surface area is 214 Å². The minimum atomic E-state index is -0.640. The van der Waals surface area contributed by atoms with Gasteiger partial charge in [-0.1, -0.05) is 60.2 Å². The van der Waals surface area contributed by atoms with Crippen molar-refractivity contribution in [2.75, 3.05) is 26.2 Å². The molecule has 0 bridgehead atoms. The van der Waals surface area contributed by atoms with Crippen LogP contribution in [0.15, 0.2) is 78.9 Å². The maximum Gasteiger partial charge on any atom is 0.251 e. The molecular weight excluding hydrogens is 460 g/mol. The number of carbonyl (C=O) groups excluding carboxylic acids is 1. The van der Waals surface area contributed by atoms with E-state index in [0.29, 0.717) is 25.1 Å². The van der Waals surface area contributed by atoms with Gasteiger partial charge in [-0.05, 0) is 55.2 Å². The van der Waals surface area contributed by atoms with Gasteiger partial charge in [-0.2, -0.15) is 0 Å². The maximum absolute atomic E-state index is 12.5. The van der Waals surface area contributed by atoms with Gasteiger partial charge in [0.25, 0.3) is 5.91 Å². The number of nitrogens with one attached hydrogen (secondary N) is 1. The normalized spacial score (nSPS) is 15.1. The second kappa shape index (κ2) is 12.7. The molecule has 0 radical (unpaired) electrons. The van der Waals surface area contributed by atoms with E-state index in [-0.39, 0.29) is 18.3 Å². The standard InChI is InChI=1S/C29H34N2O3.ClH/c1-23-7-9-24(10-8-23)21-29(33)15-18-31(19-16-29)20-17-30-28(32)26-11-13-27(14-12-26)34-22-25-5-3-2-4-6-25;/h2-14,33H,15-22H2,1H3,(H,30,32);1H. The molecule has 1 aliphatic rings. The third-order valence-electron chi connectivity index (χ3n) is 6.52. The van der Waals surface area contributed by atoms with Crippen LogP contribution in [0.25, 0.3) is 0 Å². The maximum atomic E-state index is 12.5. The van der Waals surface area contributed by atoms with Crippen LogP contribution in [0, 0.1) is 6.92 Å². The van der Waals surface area contributed by atoms with Crippen LogP contribution in [0.3, 0.4) is 0 Å². The number of piperidine rings is 1. The fraction of sp³-hybridized carbons (Fsp3) is 0.345. The third kappa shape index (κ3) is 8.10. The highest BCUT2D eigenvalue weighted by Crippen LogP contribution is 2.26. The summed E-state index contributed by atoms with van der Waals surface area (Å²) in [4.78, 5) is 14.8. The Morgan fingerprint density at radius 2 is 1.60 bits per heavy atom.